The summed E-state index contributed by atoms with van der Waals surface area (Å²) in [4.78, 5) is 27.3. The Morgan fingerprint density at radius 3 is 2.43 bits per heavy atom. The molecular weight excluding hydrogens is 292 g/mol. The molecule has 0 aliphatic rings. The molecule has 23 heavy (non-hydrogen) atoms. The van der Waals surface area contributed by atoms with Gasteiger partial charge in [-0.15, -0.1) is 0 Å². The monoisotopic (exact) mass is 308 g/mol. The zero-order valence-corrected chi connectivity index (χ0v) is 12.9. The van der Waals surface area contributed by atoms with Gasteiger partial charge in [0.15, 0.2) is 5.78 Å². The standard InChI is InChI=1S/C18H16N2O3/c1-11-3-5-13(6-4-11)18-19-15-9-14(12(2)21)7-8-16(15)20(18)10-17(22)23/h3-9H,10H2,1-2H3,(H,22,23). The number of ketones is 1. The third-order valence-electron chi connectivity index (χ3n) is 3.76. The fourth-order valence-electron chi connectivity index (χ4n) is 2.57. The number of carboxylic acid groups (broad SMARTS) is 1. The number of rotatable bonds is 4. The Kier molecular flexibility index (Phi) is 3.70. The van der Waals surface area contributed by atoms with Crippen LogP contribution in [-0.2, 0) is 11.3 Å². The fourth-order valence-corrected chi connectivity index (χ4v) is 2.57. The lowest BCUT2D eigenvalue weighted by Gasteiger charge is -2.07. The first-order chi connectivity index (χ1) is 11.0. The molecule has 0 bridgehead atoms. The van der Waals surface area contributed by atoms with Gasteiger partial charge in [0, 0.05) is 11.1 Å². The number of carboxylic acids is 1. The van der Waals surface area contributed by atoms with Crippen LogP contribution in [0.3, 0.4) is 0 Å². The third kappa shape index (κ3) is 2.85. The van der Waals surface area contributed by atoms with Crippen LogP contribution in [0.5, 0.6) is 0 Å². The quantitative estimate of drug-likeness (QED) is 0.751. The summed E-state index contributed by atoms with van der Waals surface area (Å²) in [6, 6.07) is 12.9. The second kappa shape index (κ2) is 5.68. The molecule has 0 saturated carbocycles. The van der Waals surface area contributed by atoms with E-state index in [1.165, 1.54) is 6.92 Å². The highest BCUT2D eigenvalue weighted by Gasteiger charge is 2.15. The van der Waals surface area contributed by atoms with Gasteiger partial charge in [0.1, 0.15) is 12.4 Å². The average Bonchev–Trinajstić information content (AvgIpc) is 2.85. The Morgan fingerprint density at radius 2 is 1.83 bits per heavy atom. The summed E-state index contributed by atoms with van der Waals surface area (Å²) in [5.74, 6) is -0.395. The molecule has 0 atom stereocenters. The number of hydrogen-bond donors (Lipinski definition) is 1. The number of carbonyl (C=O) groups excluding carboxylic acids is 1. The number of imidazole rings is 1. The first-order valence-corrected chi connectivity index (χ1v) is 7.26. The highest BCUT2D eigenvalue weighted by molar-refractivity contribution is 5.98. The molecule has 1 N–H and O–H groups in total. The topological polar surface area (TPSA) is 72.2 Å². The Hall–Kier alpha value is -2.95. The molecule has 3 aromatic rings. The molecular formula is C18H16N2O3. The molecule has 0 amide bonds. The van der Waals surface area contributed by atoms with Gasteiger partial charge < -0.3 is 9.67 Å². The minimum Gasteiger partial charge on any atom is -0.480 e. The summed E-state index contributed by atoms with van der Waals surface area (Å²) in [5, 5.41) is 9.20. The highest BCUT2D eigenvalue weighted by atomic mass is 16.4. The van der Waals surface area contributed by atoms with Gasteiger partial charge in [-0.3, -0.25) is 9.59 Å². The molecule has 0 fully saturated rings. The van der Waals surface area contributed by atoms with E-state index in [0.29, 0.717) is 22.4 Å². The molecule has 5 nitrogen and oxygen atoms in total. The maximum absolute atomic E-state index is 11.5. The van der Waals surface area contributed by atoms with Crippen molar-refractivity contribution in [1.82, 2.24) is 9.55 Å². The number of carbonyl (C=O) groups is 2. The van der Waals surface area contributed by atoms with Gasteiger partial charge in [0.25, 0.3) is 0 Å². The van der Waals surface area contributed by atoms with E-state index in [1.54, 1.807) is 22.8 Å². The van der Waals surface area contributed by atoms with Gasteiger partial charge in [-0.25, -0.2) is 4.98 Å². The van der Waals surface area contributed by atoms with Crippen molar-refractivity contribution >= 4 is 22.8 Å². The van der Waals surface area contributed by atoms with Crippen LogP contribution in [0.2, 0.25) is 0 Å². The van der Waals surface area contributed by atoms with Crippen molar-refractivity contribution in [2.75, 3.05) is 0 Å². The lowest BCUT2D eigenvalue weighted by atomic mass is 10.1. The Morgan fingerprint density at radius 1 is 1.13 bits per heavy atom. The molecule has 0 aliphatic heterocycles. The molecule has 3 rings (SSSR count). The minimum atomic E-state index is -0.937. The van der Waals surface area contributed by atoms with Crippen molar-refractivity contribution < 1.29 is 14.7 Å². The summed E-state index contributed by atoms with van der Waals surface area (Å²) in [6.07, 6.45) is 0. The van der Waals surface area contributed by atoms with E-state index < -0.39 is 5.97 Å². The predicted octanol–water partition coefficient (Wildman–Crippen LogP) is 3.30. The molecule has 0 spiro atoms. The number of aromatic nitrogens is 2. The first-order valence-electron chi connectivity index (χ1n) is 7.26. The molecule has 1 heterocycles. The second-order valence-electron chi connectivity index (χ2n) is 5.54. The summed E-state index contributed by atoms with van der Waals surface area (Å²) >= 11 is 0. The molecule has 0 aliphatic carbocycles. The van der Waals surface area contributed by atoms with Gasteiger partial charge >= 0.3 is 5.97 Å². The van der Waals surface area contributed by atoms with Crippen LogP contribution in [0.15, 0.2) is 42.5 Å². The van der Waals surface area contributed by atoms with E-state index in [1.807, 2.05) is 31.2 Å². The number of benzene rings is 2. The van der Waals surface area contributed by atoms with Crippen LogP contribution in [0, 0.1) is 6.92 Å². The fraction of sp³-hybridized carbons (Fsp3) is 0.167. The zero-order valence-electron chi connectivity index (χ0n) is 12.9. The van der Waals surface area contributed by atoms with Crippen molar-refractivity contribution in [3.8, 4) is 11.4 Å². The average molecular weight is 308 g/mol. The van der Waals surface area contributed by atoms with Crippen LogP contribution in [0.4, 0.5) is 0 Å². The van der Waals surface area contributed by atoms with Crippen molar-refractivity contribution in [2.45, 2.75) is 20.4 Å². The number of aliphatic carboxylic acids is 1. The highest BCUT2D eigenvalue weighted by Crippen LogP contribution is 2.26. The summed E-state index contributed by atoms with van der Waals surface area (Å²) in [7, 11) is 0. The van der Waals surface area contributed by atoms with Crippen LogP contribution in [0.1, 0.15) is 22.8 Å². The van der Waals surface area contributed by atoms with Crippen molar-refractivity contribution in [1.29, 1.82) is 0 Å². The lowest BCUT2D eigenvalue weighted by molar-refractivity contribution is -0.137. The van der Waals surface area contributed by atoms with Gasteiger partial charge in [-0.2, -0.15) is 0 Å². The van der Waals surface area contributed by atoms with E-state index in [4.69, 9.17) is 0 Å². The van der Waals surface area contributed by atoms with Crippen molar-refractivity contribution in [3.63, 3.8) is 0 Å². The van der Waals surface area contributed by atoms with E-state index in [9.17, 15) is 14.7 Å². The molecule has 5 heteroatoms. The Labute approximate surface area is 133 Å². The third-order valence-corrected chi connectivity index (χ3v) is 3.76. The number of Topliss-reactive ketones (excluding diaryl/α,β-unsaturated/α-hetero) is 1. The molecule has 116 valence electrons. The number of hydrogen-bond acceptors (Lipinski definition) is 3. The van der Waals surface area contributed by atoms with Crippen LogP contribution in [0.25, 0.3) is 22.4 Å². The van der Waals surface area contributed by atoms with E-state index >= 15 is 0 Å². The van der Waals surface area contributed by atoms with Crippen LogP contribution < -0.4 is 0 Å². The van der Waals surface area contributed by atoms with E-state index in [-0.39, 0.29) is 12.3 Å². The maximum Gasteiger partial charge on any atom is 0.323 e. The molecule has 0 saturated heterocycles. The number of fused-ring (bicyclic) bond motifs is 1. The molecule has 1 aromatic heterocycles. The van der Waals surface area contributed by atoms with Gasteiger partial charge in [-0.1, -0.05) is 29.8 Å². The SMILES string of the molecule is CC(=O)c1ccc2c(c1)nc(-c1ccc(C)cc1)n2CC(=O)O. The van der Waals surface area contributed by atoms with Gasteiger partial charge in [0.2, 0.25) is 0 Å². The maximum atomic E-state index is 11.5. The van der Waals surface area contributed by atoms with Gasteiger partial charge in [-0.05, 0) is 32.0 Å². The first kappa shape index (κ1) is 15.0. The molecule has 0 radical (unpaired) electrons. The van der Waals surface area contributed by atoms with E-state index in [2.05, 4.69) is 4.98 Å². The van der Waals surface area contributed by atoms with Crippen molar-refractivity contribution in [3.05, 3.63) is 53.6 Å². The smallest absolute Gasteiger partial charge is 0.323 e. The minimum absolute atomic E-state index is 0.0448. The van der Waals surface area contributed by atoms with Crippen LogP contribution in [-0.4, -0.2) is 26.4 Å². The lowest BCUT2D eigenvalue weighted by Crippen LogP contribution is -2.10. The number of nitrogens with zero attached hydrogens (tertiary/aromatic N) is 2. The Balaban J connectivity index is 2.24. The second-order valence-corrected chi connectivity index (χ2v) is 5.54. The Bertz CT molecular complexity index is 908. The van der Waals surface area contributed by atoms with E-state index in [0.717, 1.165) is 11.1 Å². The summed E-state index contributed by atoms with van der Waals surface area (Å²) in [5.41, 5.74) is 3.85. The predicted molar refractivity (Wildman–Crippen MR) is 87.5 cm³/mol. The molecule has 2 aromatic carbocycles. The zero-order chi connectivity index (χ0) is 16.6. The van der Waals surface area contributed by atoms with Crippen molar-refractivity contribution in [2.24, 2.45) is 0 Å². The van der Waals surface area contributed by atoms with Gasteiger partial charge in [0.05, 0.1) is 11.0 Å². The normalized spacial score (nSPS) is 10.9. The molecule has 0 unspecified atom stereocenters. The summed E-state index contributed by atoms with van der Waals surface area (Å²) in [6.45, 7) is 3.30. The summed E-state index contributed by atoms with van der Waals surface area (Å²) < 4.78 is 1.66. The largest absolute Gasteiger partial charge is 0.480 e. The number of aryl methyl sites for hydroxylation is 1. The van der Waals surface area contributed by atoms with Crippen LogP contribution >= 0.6 is 0 Å².